The second-order valence-corrected chi connectivity index (χ2v) is 7.58. The van der Waals surface area contributed by atoms with Crippen LogP contribution in [0.25, 0.3) is 0 Å². The first kappa shape index (κ1) is 16.8. The molecule has 114 valence electrons. The number of hydrogen-bond donors (Lipinski definition) is 1. The van der Waals surface area contributed by atoms with E-state index in [2.05, 4.69) is 31.9 Å². The maximum atomic E-state index is 6.36. The topological polar surface area (TPSA) is 44.5 Å². The van der Waals surface area contributed by atoms with Gasteiger partial charge >= 0.3 is 0 Å². The van der Waals surface area contributed by atoms with Crippen molar-refractivity contribution < 1.29 is 9.47 Å². The Bertz CT molecular complexity index is 596. The maximum absolute atomic E-state index is 6.36. The lowest BCUT2D eigenvalue weighted by molar-refractivity contribution is 0.287. The van der Waals surface area contributed by atoms with Gasteiger partial charge in [0, 0.05) is 9.35 Å². The summed E-state index contributed by atoms with van der Waals surface area (Å²) < 4.78 is 13.3. The van der Waals surface area contributed by atoms with Crippen molar-refractivity contribution in [1.29, 1.82) is 0 Å². The van der Waals surface area contributed by atoms with Crippen LogP contribution >= 0.6 is 43.2 Å². The summed E-state index contributed by atoms with van der Waals surface area (Å²) in [5.41, 5.74) is 7.36. The van der Waals surface area contributed by atoms with E-state index in [4.69, 9.17) is 15.2 Å². The number of halogens is 2. The number of benzene rings is 1. The van der Waals surface area contributed by atoms with Gasteiger partial charge in [-0.3, -0.25) is 0 Å². The summed E-state index contributed by atoms with van der Waals surface area (Å²) in [7, 11) is 0. The molecule has 0 aliphatic heterocycles. The van der Waals surface area contributed by atoms with E-state index in [1.54, 1.807) is 11.3 Å². The highest BCUT2D eigenvalue weighted by Gasteiger charge is 2.16. The summed E-state index contributed by atoms with van der Waals surface area (Å²) in [4.78, 5) is 1.08. The largest absolute Gasteiger partial charge is 0.490 e. The SMILES string of the molecule is CCOc1ccc(C(N)c2cc(Br)c(Br)s2)cc1OCC. The molecule has 0 aliphatic carbocycles. The molecule has 1 heterocycles. The Kier molecular flexibility index (Phi) is 6.10. The fourth-order valence-electron chi connectivity index (χ4n) is 1.94. The minimum Gasteiger partial charge on any atom is -0.490 e. The van der Waals surface area contributed by atoms with Gasteiger partial charge in [-0.2, -0.15) is 0 Å². The van der Waals surface area contributed by atoms with E-state index in [1.165, 1.54) is 0 Å². The zero-order valence-corrected chi connectivity index (χ0v) is 15.8. The maximum Gasteiger partial charge on any atom is 0.161 e. The van der Waals surface area contributed by atoms with Crippen molar-refractivity contribution in [1.82, 2.24) is 0 Å². The molecule has 6 heteroatoms. The van der Waals surface area contributed by atoms with Crippen LogP contribution in [0, 0.1) is 0 Å². The van der Waals surface area contributed by atoms with Crippen LogP contribution in [0.2, 0.25) is 0 Å². The summed E-state index contributed by atoms with van der Waals surface area (Å²) in [5, 5.41) is 0. The van der Waals surface area contributed by atoms with Crippen molar-refractivity contribution in [2.75, 3.05) is 13.2 Å². The van der Waals surface area contributed by atoms with Crippen molar-refractivity contribution in [3.05, 3.63) is 43.0 Å². The molecule has 1 aromatic heterocycles. The number of rotatable bonds is 6. The molecule has 0 amide bonds. The van der Waals surface area contributed by atoms with Crippen molar-refractivity contribution in [2.24, 2.45) is 5.73 Å². The fraction of sp³-hybridized carbons (Fsp3) is 0.333. The van der Waals surface area contributed by atoms with Gasteiger partial charge in [-0.25, -0.2) is 0 Å². The first-order valence-corrected chi connectivity index (χ1v) is 9.06. The molecular weight excluding hydrogens is 418 g/mol. The van der Waals surface area contributed by atoms with Crippen LogP contribution < -0.4 is 15.2 Å². The monoisotopic (exact) mass is 433 g/mol. The molecule has 2 rings (SSSR count). The van der Waals surface area contributed by atoms with Gasteiger partial charge in [-0.15, -0.1) is 11.3 Å². The molecule has 0 saturated heterocycles. The molecule has 2 N–H and O–H groups in total. The molecule has 3 nitrogen and oxygen atoms in total. The number of thiophene rings is 1. The third-order valence-corrected chi connectivity index (χ3v) is 6.24. The van der Waals surface area contributed by atoms with E-state index < -0.39 is 0 Å². The molecule has 0 saturated carbocycles. The standard InChI is InChI=1S/C15H17Br2NO2S/c1-3-19-11-6-5-9(7-12(11)20-4-2)14(18)13-8-10(16)15(17)21-13/h5-8,14H,3-4,18H2,1-2H3. The second-order valence-electron chi connectivity index (χ2n) is 4.32. The molecule has 0 fully saturated rings. The van der Waals surface area contributed by atoms with Gasteiger partial charge < -0.3 is 15.2 Å². The van der Waals surface area contributed by atoms with E-state index in [0.29, 0.717) is 13.2 Å². The number of ether oxygens (including phenoxy) is 2. The summed E-state index contributed by atoms with van der Waals surface area (Å²) in [6.07, 6.45) is 0. The molecule has 0 radical (unpaired) electrons. The van der Waals surface area contributed by atoms with Gasteiger partial charge in [-0.05, 0) is 69.5 Å². The average molecular weight is 435 g/mol. The highest BCUT2D eigenvalue weighted by molar-refractivity contribution is 9.13. The van der Waals surface area contributed by atoms with Gasteiger partial charge in [-0.1, -0.05) is 6.07 Å². The molecule has 2 aromatic rings. The third-order valence-electron chi connectivity index (χ3n) is 2.90. The van der Waals surface area contributed by atoms with Crippen LogP contribution in [-0.2, 0) is 0 Å². The smallest absolute Gasteiger partial charge is 0.161 e. The Balaban J connectivity index is 2.32. The average Bonchev–Trinajstić information content (AvgIpc) is 2.80. The van der Waals surface area contributed by atoms with E-state index in [0.717, 1.165) is 30.2 Å². The number of nitrogens with two attached hydrogens (primary N) is 1. The zero-order valence-electron chi connectivity index (χ0n) is 11.9. The molecule has 1 atom stereocenters. The van der Waals surface area contributed by atoms with Crippen LogP contribution in [0.1, 0.15) is 30.3 Å². The lowest BCUT2D eigenvalue weighted by atomic mass is 10.1. The number of hydrogen-bond acceptors (Lipinski definition) is 4. The normalized spacial score (nSPS) is 12.2. The Morgan fingerprint density at radius 2 is 1.76 bits per heavy atom. The summed E-state index contributed by atoms with van der Waals surface area (Å²) in [5.74, 6) is 1.49. The van der Waals surface area contributed by atoms with E-state index in [9.17, 15) is 0 Å². The lowest BCUT2D eigenvalue weighted by Crippen LogP contribution is -2.10. The van der Waals surface area contributed by atoms with Gasteiger partial charge in [0.2, 0.25) is 0 Å². The van der Waals surface area contributed by atoms with Crippen molar-refractivity contribution >= 4 is 43.2 Å². The first-order valence-electron chi connectivity index (χ1n) is 6.66. The molecule has 0 spiro atoms. The molecule has 21 heavy (non-hydrogen) atoms. The summed E-state index contributed by atoms with van der Waals surface area (Å²) in [6, 6.07) is 7.71. The Morgan fingerprint density at radius 3 is 2.33 bits per heavy atom. The van der Waals surface area contributed by atoms with E-state index in [1.807, 2.05) is 38.1 Å². The lowest BCUT2D eigenvalue weighted by Gasteiger charge is -2.15. The van der Waals surface area contributed by atoms with Gasteiger partial charge in [0.15, 0.2) is 11.5 Å². The van der Waals surface area contributed by atoms with Crippen LogP contribution in [0.15, 0.2) is 32.5 Å². The quantitative estimate of drug-likeness (QED) is 0.686. The van der Waals surface area contributed by atoms with Crippen LogP contribution in [0.5, 0.6) is 11.5 Å². The highest BCUT2D eigenvalue weighted by atomic mass is 79.9. The molecular formula is C15H17Br2NO2S. The van der Waals surface area contributed by atoms with Gasteiger partial charge in [0.25, 0.3) is 0 Å². The zero-order chi connectivity index (χ0) is 15.4. The molecule has 0 aliphatic rings. The van der Waals surface area contributed by atoms with Crippen molar-refractivity contribution in [3.8, 4) is 11.5 Å². The van der Waals surface area contributed by atoms with Gasteiger partial charge in [0.1, 0.15) is 0 Å². The molecule has 0 bridgehead atoms. The van der Waals surface area contributed by atoms with Crippen LogP contribution in [0.3, 0.4) is 0 Å². The summed E-state index contributed by atoms with van der Waals surface area (Å²) >= 11 is 8.62. The minimum absolute atomic E-state index is 0.188. The highest BCUT2D eigenvalue weighted by Crippen LogP contribution is 2.38. The predicted octanol–water partition coefficient (Wildman–Crippen LogP) is 5.12. The predicted molar refractivity (Wildman–Crippen MR) is 94.5 cm³/mol. The van der Waals surface area contributed by atoms with Crippen LogP contribution in [-0.4, -0.2) is 13.2 Å². The molecule has 1 aromatic carbocycles. The van der Waals surface area contributed by atoms with E-state index >= 15 is 0 Å². The van der Waals surface area contributed by atoms with E-state index in [-0.39, 0.29) is 6.04 Å². The Labute approximate surface area is 145 Å². The summed E-state index contributed by atoms with van der Waals surface area (Å²) in [6.45, 7) is 5.11. The Hall–Kier alpha value is -0.560. The van der Waals surface area contributed by atoms with Crippen molar-refractivity contribution in [2.45, 2.75) is 19.9 Å². The fourth-order valence-corrected chi connectivity index (χ4v) is 4.06. The minimum atomic E-state index is -0.188. The third kappa shape index (κ3) is 4.00. The van der Waals surface area contributed by atoms with Crippen LogP contribution in [0.4, 0.5) is 0 Å². The first-order chi connectivity index (χ1) is 10.1. The Morgan fingerprint density at radius 1 is 1.10 bits per heavy atom. The second kappa shape index (κ2) is 7.63. The molecule has 1 unspecified atom stereocenters. The van der Waals surface area contributed by atoms with Crippen molar-refractivity contribution in [3.63, 3.8) is 0 Å². The van der Waals surface area contributed by atoms with Gasteiger partial charge in [0.05, 0.1) is 23.0 Å².